The van der Waals surface area contributed by atoms with E-state index in [0.717, 1.165) is 35.2 Å². The van der Waals surface area contributed by atoms with E-state index in [2.05, 4.69) is 28.6 Å². The van der Waals surface area contributed by atoms with Gasteiger partial charge in [0, 0.05) is 29.7 Å². The van der Waals surface area contributed by atoms with Gasteiger partial charge in [-0.25, -0.2) is 0 Å². The summed E-state index contributed by atoms with van der Waals surface area (Å²) in [6.07, 6.45) is 7.76. The molecule has 28 heavy (non-hydrogen) atoms. The lowest BCUT2D eigenvalue weighted by atomic mass is 10.0. The zero-order valence-corrected chi connectivity index (χ0v) is 16.7. The minimum Gasteiger partial charge on any atom is -0.343 e. The Balaban J connectivity index is 1.99. The van der Waals surface area contributed by atoms with Gasteiger partial charge in [-0.3, -0.25) is 9.59 Å². The summed E-state index contributed by atoms with van der Waals surface area (Å²) in [6, 6.07) is 9.14. The number of hydrogen-bond donors (Lipinski definition) is 1. The van der Waals surface area contributed by atoms with Crippen LogP contribution in [-0.2, 0) is 13.0 Å². The lowest BCUT2D eigenvalue weighted by Gasteiger charge is -2.20. The molecule has 3 rings (SSSR count). The molecule has 0 saturated carbocycles. The zero-order chi connectivity index (χ0) is 20.3. The van der Waals surface area contributed by atoms with Crippen molar-refractivity contribution in [2.24, 2.45) is 0 Å². The molecule has 0 spiro atoms. The molecule has 1 N–H and O–H groups in total. The van der Waals surface area contributed by atoms with Gasteiger partial charge in [-0.2, -0.15) is 0 Å². The molecular weight excluding hydrogens is 348 g/mol. The van der Waals surface area contributed by atoms with Gasteiger partial charge < -0.3 is 9.88 Å². The van der Waals surface area contributed by atoms with E-state index >= 15 is 0 Å². The van der Waals surface area contributed by atoms with E-state index in [4.69, 9.17) is 0 Å². The highest BCUT2D eigenvalue weighted by atomic mass is 16.2. The van der Waals surface area contributed by atoms with Crippen molar-refractivity contribution in [1.82, 2.24) is 4.57 Å². The number of aromatic nitrogens is 1. The first-order valence-electron chi connectivity index (χ1n) is 9.56. The number of carbonyl (C=O) groups excluding carboxylic acids is 1. The number of rotatable bonds is 5. The fourth-order valence-corrected chi connectivity index (χ4v) is 3.44. The number of benzene rings is 1. The molecular formula is C24H26N2O2. The minimum absolute atomic E-state index is 0.199. The maximum Gasteiger partial charge on any atom is 0.261 e. The first-order valence-corrected chi connectivity index (χ1v) is 9.56. The highest BCUT2D eigenvalue weighted by molar-refractivity contribution is 6.05. The fourth-order valence-electron chi connectivity index (χ4n) is 3.44. The second kappa shape index (κ2) is 8.26. The second-order valence-corrected chi connectivity index (χ2v) is 7.14. The van der Waals surface area contributed by atoms with Crippen LogP contribution in [0.15, 0.2) is 71.1 Å². The van der Waals surface area contributed by atoms with Crippen LogP contribution in [0, 0.1) is 13.8 Å². The van der Waals surface area contributed by atoms with Gasteiger partial charge >= 0.3 is 0 Å². The Labute approximate surface area is 165 Å². The van der Waals surface area contributed by atoms with Gasteiger partial charge in [-0.15, -0.1) is 0 Å². The number of aryl methyl sites for hydroxylation is 2. The standard InChI is InChI=1S/C24H26N2O2/c1-5-20-14-22(27)23(24(28)25-21-9-7-6-8-17(21)3)18(4)26(20)15-19-12-10-16(2)11-13-19/h6-10,12-14H,2,5,11,15H2,1,3-4H3,(H,25,28). The quantitative estimate of drug-likeness (QED) is 0.823. The van der Waals surface area contributed by atoms with Gasteiger partial charge in [0.25, 0.3) is 5.91 Å². The van der Waals surface area contributed by atoms with E-state index in [1.54, 1.807) is 6.07 Å². The Morgan fingerprint density at radius 2 is 1.96 bits per heavy atom. The summed E-state index contributed by atoms with van der Waals surface area (Å²) in [5.41, 5.74) is 5.48. The van der Waals surface area contributed by atoms with E-state index in [1.807, 2.05) is 51.1 Å². The van der Waals surface area contributed by atoms with E-state index in [-0.39, 0.29) is 16.9 Å². The van der Waals surface area contributed by atoms with Crippen molar-refractivity contribution in [1.29, 1.82) is 0 Å². The predicted molar refractivity (Wildman–Crippen MR) is 115 cm³/mol. The molecule has 0 aliphatic heterocycles. The average molecular weight is 374 g/mol. The van der Waals surface area contributed by atoms with Crippen LogP contribution in [0.25, 0.3) is 0 Å². The van der Waals surface area contributed by atoms with Crippen molar-refractivity contribution in [3.05, 3.63) is 99.0 Å². The van der Waals surface area contributed by atoms with E-state index in [1.165, 1.54) is 0 Å². The lowest BCUT2D eigenvalue weighted by molar-refractivity contribution is 0.102. The summed E-state index contributed by atoms with van der Waals surface area (Å²) in [7, 11) is 0. The fraction of sp³-hybridized carbons (Fsp3) is 0.250. The summed E-state index contributed by atoms with van der Waals surface area (Å²) >= 11 is 0. The van der Waals surface area contributed by atoms with Crippen molar-refractivity contribution in [3.63, 3.8) is 0 Å². The molecule has 144 valence electrons. The zero-order valence-electron chi connectivity index (χ0n) is 16.7. The smallest absolute Gasteiger partial charge is 0.261 e. The largest absolute Gasteiger partial charge is 0.343 e. The van der Waals surface area contributed by atoms with Gasteiger partial charge in [0.1, 0.15) is 5.56 Å². The molecule has 0 atom stereocenters. The lowest BCUT2D eigenvalue weighted by Crippen LogP contribution is -2.28. The minimum atomic E-state index is -0.366. The Bertz CT molecular complexity index is 1050. The predicted octanol–water partition coefficient (Wildman–Crippen LogP) is 4.72. The van der Waals surface area contributed by atoms with Crippen molar-refractivity contribution in [3.8, 4) is 0 Å². The normalized spacial score (nSPS) is 13.4. The topological polar surface area (TPSA) is 51.1 Å². The summed E-state index contributed by atoms with van der Waals surface area (Å²) in [5, 5.41) is 2.89. The molecule has 1 aromatic heterocycles. The number of pyridine rings is 1. The van der Waals surface area contributed by atoms with Crippen molar-refractivity contribution >= 4 is 11.6 Å². The van der Waals surface area contributed by atoms with E-state index < -0.39 is 0 Å². The van der Waals surface area contributed by atoms with Gasteiger partial charge in [0.2, 0.25) is 0 Å². The van der Waals surface area contributed by atoms with Crippen LogP contribution in [0.3, 0.4) is 0 Å². The summed E-state index contributed by atoms with van der Waals surface area (Å²) in [4.78, 5) is 25.6. The van der Waals surface area contributed by atoms with Crippen molar-refractivity contribution < 1.29 is 4.79 Å². The molecule has 1 aromatic carbocycles. The van der Waals surface area contributed by atoms with E-state index in [9.17, 15) is 9.59 Å². The van der Waals surface area contributed by atoms with E-state index in [0.29, 0.717) is 17.9 Å². The average Bonchev–Trinajstić information content (AvgIpc) is 2.67. The van der Waals surface area contributed by atoms with Gasteiger partial charge in [-0.05, 0) is 43.9 Å². The maximum absolute atomic E-state index is 12.9. The number of carbonyl (C=O) groups is 1. The molecule has 0 bridgehead atoms. The number of nitrogens with one attached hydrogen (secondary N) is 1. The monoisotopic (exact) mass is 374 g/mol. The Morgan fingerprint density at radius 3 is 2.61 bits per heavy atom. The van der Waals surface area contributed by atoms with Crippen molar-refractivity contribution in [2.45, 2.75) is 40.2 Å². The first-order chi connectivity index (χ1) is 13.4. The molecule has 0 unspecified atom stereocenters. The van der Waals surface area contributed by atoms with Crippen LogP contribution in [0.4, 0.5) is 5.69 Å². The number of anilines is 1. The number of para-hydroxylation sites is 1. The molecule has 0 fully saturated rings. The Kier molecular flexibility index (Phi) is 5.78. The third-order valence-corrected chi connectivity index (χ3v) is 5.14. The third kappa shape index (κ3) is 4.06. The van der Waals surface area contributed by atoms with Gasteiger partial charge in [0.05, 0.1) is 0 Å². The van der Waals surface area contributed by atoms with Crippen LogP contribution in [-0.4, -0.2) is 10.5 Å². The second-order valence-electron chi connectivity index (χ2n) is 7.14. The summed E-state index contributed by atoms with van der Waals surface area (Å²) in [5.74, 6) is -0.366. The molecule has 1 heterocycles. The molecule has 1 amide bonds. The number of allylic oxidation sites excluding steroid dienone is 5. The van der Waals surface area contributed by atoms with Crippen molar-refractivity contribution in [2.75, 3.05) is 5.32 Å². The van der Waals surface area contributed by atoms with Gasteiger partial charge in [-0.1, -0.05) is 55.5 Å². The summed E-state index contributed by atoms with van der Waals surface area (Å²) < 4.78 is 2.07. The first kappa shape index (κ1) is 19.6. The number of amides is 1. The summed E-state index contributed by atoms with van der Waals surface area (Å²) in [6.45, 7) is 10.4. The van der Waals surface area contributed by atoms with Gasteiger partial charge in [0.15, 0.2) is 5.43 Å². The van der Waals surface area contributed by atoms with Crippen LogP contribution >= 0.6 is 0 Å². The third-order valence-electron chi connectivity index (χ3n) is 5.14. The number of hydrogen-bond acceptors (Lipinski definition) is 2. The molecule has 1 aliphatic rings. The molecule has 2 aromatic rings. The van der Waals surface area contributed by atoms with Crippen LogP contribution < -0.4 is 10.7 Å². The van der Waals surface area contributed by atoms with Crippen LogP contribution in [0.2, 0.25) is 0 Å². The Morgan fingerprint density at radius 1 is 1.21 bits per heavy atom. The molecule has 4 heteroatoms. The SMILES string of the molecule is C=C1C=CC(Cn2c(CC)cc(=O)c(C(=O)Nc3ccccc3C)c2C)=CC1. The highest BCUT2D eigenvalue weighted by Gasteiger charge is 2.19. The molecule has 4 nitrogen and oxygen atoms in total. The maximum atomic E-state index is 12.9. The Hall–Kier alpha value is -3.14. The van der Waals surface area contributed by atoms with Crippen LogP contribution in [0.5, 0.6) is 0 Å². The van der Waals surface area contributed by atoms with Crippen LogP contribution in [0.1, 0.15) is 40.7 Å². The molecule has 1 aliphatic carbocycles. The molecule has 0 saturated heterocycles. The highest BCUT2D eigenvalue weighted by Crippen LogP contribution is 2.20. The number of nitrogens with zero attached hydrogens (tertiary/aromatic N) is 1. The molecule has 0 radical (unpaired) electrons.